The van der Waals surface area contributed by atoms with Gasteiger partial charge < -0.3 is 5.32 Å². The molecule has 0 saturated heterocycles. The number of nitrogens with one attached hydrogen (secondary N) is 1. The summed E-state index contributed by atoms with van der Waals surface area (Å²) < 4.78 is 0. The van der Waals surface area contributed by atoms with Gasteiger partial charge in [-0.1, -0.05) is 53.5 Å². The molecule has 0 aliphatic carbocycles. The molecule has 0 unspecified atom stereocenters. The number of nitrogens with zero attached hydrogens (tertiary/aromatic N) is 2. The van der Waals surface area contributed by atoms with Crippen molar-refractivity contribution >= 4 is 58.2 Å². The van der Waals surface area contributed by atoms with Gasteiger partial charge in [0.15, 0.2) is 10.9 Å². The van der Waals surface area contributed by atoms with Gasteiger partial charge in [0, 0.05) is 5.69 Å². The molecule has 0 spiro atoms. The average molecular weight is 363 g/mol. The Labute approximate surface area is 141 Å². The van der Waals surface area contributed by atoms with Gasteiger partial charge in [0.2, 0.25) is 0 Å². The van der Waals surface area contributed by atoms with Crippen LogP contribution in [-0.2, 0) is 0 Å². The number of hydrogen-bond acceptors (Lipinski definition) is 4. The normalized spacial score (nSPS) is 10.5. The first kappa shape index (κ1) is 16.4. The molecule has 0 bridgehead atoms. The molecule has 110 valence electrons. The van der Waals surface area contributed by atoms with Gasteiger partial charge in [0.25, 0.3) is 5.91 Å². The quantitative estimate of drug-likeness (QED) is 0.627. The minimum Gasteiger partial charge on any atom is -0.321 e. The van der Waals surface area contributed by atoms with Crippen LogP contribution in [0, 0.1) is 0 Å². The predicted molar refractivity (Wildman–Crippen MR) is 87.9 cm³/mol. The van der Waals surface area contributed by atoms with E-state index in [1.165, 1.54) is 18.0 Å². The molecule has 1 aromatic carbocycles. The van der Waals surface area contributed by atoms with Crippen molar-refractivity contribution in [3.05, 3.63) is 45.2 Å². The number of thioether (sulfide) groups is 1. The molecular weight excluding hydrogens is 353 g/mol. The van der Waals surface area contributed by atoms with Crippen LogP contribution in [0.4, 0.5) is 5.69 Å². The third kappa shape index (κ3) is 4.23. The first-order valence-electron chi connectivity index (χ1n) is 5.93. The fourth-order valence-corrected chi connectivity index (χ4v) is 2.49. The minimum atomic E-state index is -0.432. The van der Waals surface area contributed by atoms with Crippen LogP contribution in [0.25, 0.3) is 0 Å². The lowest BCUT2D eigenvalue weighted by molar-refractivity contribution is 0.102. The summed E-state index contributed by atoms with van der Waals surface area (Å²) in [7, 11) is 0. The first-order valence-corrected chi connectivity index (χ1v) is 8.05. The maximum atomic E-state index is 12.2. The lowest BCUT2D eigenvalue weighted by atomic mass is 10.3. The maximum Gasteiger partial charge on any atom is 0.275 e. The standard InChI is InChI=1S/C13H10Cl3N3OS/c1-2-21-13-17-6-10(16)11(19-13)12(20)18-7-3-4-8(14)9(15)5-7/h3-6H,2H2,1H3,(H,18,20). The summed E-state index contributed by atoms with van der Waals surface area (Å²) in [5, 5.41) is 4.13. The Kier molecular flexibility index (Phi) is 5.70. The van der Waals surface area contributed by atoms with E-state index in [0.29, 0.717) is 20.9 Å². The number of halogens is 3. The maximum absolute atomic E-state index is 12.2. The zero-order valence-corrected chi connectivity index (χ0v) is 13.9. The largest absolute Gasteiger partial charge is 0.321 e. The van der Waals surface area contributed by atoms with Crippen molar-refractivity contribution in [3.63, 3.8) is 0 Å². The Bertz CT molecular complexity index is 682. The number of benzene rings is 1. The zero-order chi connectivity index (χ0) is 15.4. The summed E-state index contributed by atoms with van der Waals surface area (Å²) >= 11 is 19.1. The topological polar surface area (TPSA) is 54.9 Å². The van der Waals surface area contributed by atoms with Crippen LogP contribution in [0.15, 0.2) is 29.6 Å². The molecule has 1 aromatic heterocycles. The van der Waals surface area contributed by atoms with E-state index in [1.807, 2.05) is 6.92 Å². The van der Waals surface area contributed by atoms with E-state index in [1.54, 1.807) is 18.2 Å². The van der Waals surface area contributed by atoms with E-state index in [2.05, 4.69) is 15.3 Å². The number of amides is 1. The first-order chi connectivity index (χ1) is 10.0. The highest BCUT2D eigenvalue weighted by molar-refractivity contribution is 7.99. The fraction of sp³-hybridized carbons (Fsp3) is 0.154. The van der Waals surface area contributed by atoms with Crippen molar-refractivity contribution in [1.82, 2.24) is 9.97 Å². The van der Waals surface area contributed by atoms with Gasteiger partial charge in [-0.05, 0) is 24.0 Å². The van der Waals surface area contributed by atoms with Gasteiger partial charge in [-0.3, -0.25) is 4.79 Å². The highest BCUT2D eigenvalue weighted by Gasteiger charge is 2.15. The second kappa shape index (κ2) is 7.31. The second-order valence-corrected chi connectivity index (χ2v) is 6.32. The third-order valence-electron chi connectivity index (χ3n) is 2.39. The van der Waals surface area contributed by atoms with E-state index >= 15 is 0 Å². The van der Waals surface area contributed by atoms with Crippen molar-refractivity contribution in [2.45, 2.75) is 12.1 Å². The number of rotatable bonds is 4. The molecule has 1 amide bonds. The molecule has 1 N–H and O–H groups in total. The minimum absolute atomic E-state index is 0.119. The molecule has 0 atom stereocenters. The molecule has 4 nitrogen and oxygen atoms in total. The van der Waals surface area contributed by atoms with Crippen LogP contribution in [0.3, 0.4) is 0 Å². The Morgan fingerprint density at radius 3 is 2.67 bits per heavy atom. The molecule has 2 aromatic rings. The Hall–Kier alpha value is -1.01. The van der Waals surface area contributed by atoms with Crippen molar-refractivity contribution in [1.29, 1.82) is 0 Å². The molecule has 8 heteroatoms. The number of hydrogen-bond donors (Lipinski definition) is 1. The smallest absolute Gasteiger partial charge is 0.275 e. The van der Waals surface area contributed by atoms with Crippen LogP contribution < -0.4 is 5.32 Å². The number of carbonyl (C=O) groups is 1. The van der Waals surface area contributed by atoms with Crippen molar-refractivity contribution in [2.24, 2.45) is 0 Å². The Morgan fingerprint density at radius 1 is 1.24 bits per heavy atom. The van der Waals surface area contributed by atoms with Crippen LogP contribution >= 0.6 is 46.6 Å². The summed E-state index contributed by atoms with van der Waals surface area (Å²) in [5.74, 6) is 0.369. The summed E-state index contributed by atoms with van der Waals surface area (Å²) in [5.41, 5.74) is 0.627. The van der Waals surface area contributed by atoms with Crippen LogP contribution in [-0.4, -0.2) is 21.6 Å². The third-order valence-corrected chi connectivity index (χ3v) is 4.15. The van der Waals surface area contributed by atoms with Crippen molar-refractivity contribution < 1.29 is 4.79 Å². The molecule has 1 heterocycles. The molecule has 0 aliphatic heterocycles. The van der Waals surface area contributed by atoms with Gasteiger partial charge in [0.05, 0.1) is 21.3 Å². The van der Waals surface area contributed by atoms with Gasteiger partial charge >= 0.3 is 0 Å². The monoisotopic (exact) mass is 361 g/mol. The summed E-state index contributed by atoms with van der Waals surface area (Å²) in [4.78, 5) is 20.4. The SMILES string of the molecule is CCSc1ncc(Cl)c(C(=O)Nc2ccc(Cl)c(Cl)c2)n1. The molecule has 0 aliphatic rings. The van der Waals surface area contributed by atoms with Gasteiger partial charge in [0.1, 0.15) is 0 Å². The van der Waals surface area contributed by atoms with Crippen LogP contribution in [0.2, 0.25) is 15.1 Å². The van der Waals surface area contributed by atoms with Gasteiger partial charge in [-0.2, -0.15) is 0 Å². The Balaban J connectivity index is 2.23. The molecule has 0 fully saturated rings. The molecule has 0 saturated carbocycles. The van der Waals surface area contributed by atoms with Crippen molar-refractivity contribution in [2.75, 3.05) is 11.1 Å². The molecule has 0 radical (unpaired) electrons. The van der Waals surface area contributed by atoms with E-state index in [9.17, 15) is 4.79 Å². The highest BCUT2D eigenvalue weighted by Crippen LogP contribution is 2.26. The molecule has 21 heavy (non-hydrogen) atoms. The lowest BCUT2D eigenvalue weighted by Gasteiger charge is -2.08. The summed E-state index contributed by atoms with van der Waals surface area (Å²) in [6.07, 6.45) is 1.41. The van der Waals surface area contributed by atoms with Crippen LogP contribution in [0.1, 0.15) is 17.4 Å². The number of carbonyl (C=O) groups excluding carboxylic acids is 1. The van der Waals surface area contributed by atoms with E-state index in [4.69, 9.17) is 34.8 Å². The zero-order valence-electron chi connectivity index (χ0n) is 10.9. The number of anilines is 1. The van der Waals surface area contributed by atoms with Gasteiger partial charge in [-0.15, -0.1) is 0 Å². The average Bonchev–Trinajstić information content (AvgIpc) is 2.45. The van der Waals surface area contributed by atoms with Crippen molar-refractivity contribution in [3.8, 4) is 0 Å². The number of aromatic nitrogens is 2. The van der Waals surface area contributed by atoms with Gasteiger partial charge in [-0.25, -0.2) is 9.97 Å². The second-order valence-electron chi connectivity index (χ2n) is 3.87. The summed E-state index contributed by atoms with van der Waals surface area (Å²) in [6, 6.07) is 4.79. The predicted octanol–water partition coefficient (Wildman–Crippen LogP) is 4.80. The highest BCUT2D eigenvalue weighted by atomic mass is 35.5. The summed E-state index contributed by atoms with van der Waals surface area (Å²) in [6.45, 7) is 1.97. The Morgan fingerprint density at radius 2 is 2.00 bits per heavy atom. The van der Waals surface area contributed by atoms with E-state index < -0.39 is 5.91 Å². The molecular formula is C13H10Cl3N3OS. The van der Waals surface area contributed by atoms with E-state index in [-0.39, 0.29) is 10.7 Å². The molecule has 2 rings (SSSR count). The van der Waals surface area contributed by atoms with Crippen LogP contribution in [0.5, 0.6) is 0 Å². The lowest BCUT2D eigenvalue weighted by Crippen LogP contribution is -2.15. The van der Waals surface area contributed by atoms with E-state index in [0.717, 1.165) is 5.75 Å². The fourth-order valence-electron chi connectivity index (χ4n) is 1.47.